The van der Waals surface area contributed by atoms with Gasteiger partial charge in [-0.2, -0.15) is 0 Å². The number of fused-ring (bicyclic) bond motifs is 1. The van der Waals surface area contributed by atoms with Crippen LogP contribution in [0.15, 0.2) is 28.7 Å². The lowest BCUT2D eigenvalue weighted by Crippen LogP contribution is -2.29. The fraction of sp³-hybridized carbons (Fsp3) is 0.438. The highest BCUT2D eigenvalue weighted by Crippen LogP contribution is 2.16. The summed E-state index contributed by atoms with van der Waals surface area (Å²) in [5.41, 5.74) is 0. The van der Waals surface area contributed by atoms with E-state index in [1.54, 1.807) is 0 Å². The average Bonchev–Trinajstić information content (AvgIpc) is 2.79. The maximum atomic E-state index is 11.9. The molecule has 0 aliphatic carbocycles. The largest absolute Gasteiger partial charge is 0.484 e. The second-order valence-corrected chi connectivity index (χ2v) is 6.43. The van der Waals surface area contributed by atoms with Crippen molar-refractivity contribution in [2.75, 3.05) is 6.61 Å². The summed E-state index contributed by atoms with van der Waals surface area (Å²) in [6.07, 6.45) is 4.48. The third kappa shape index (κ3) is 4.31. The average molecular weight is 379 g/mol. The van der Waals surface area contributed by atoms with Crippen LogP contribution in [0.5, 0.6) is 5.75 Å². The summed E-state index contributed by atoms with van der Waals surface area (Å²) in [5.74, 6) is 2.34. The SMILES string of the molecule is O=C(COc1ccc(Br)cc1)NCc1nnc2n1CCCCC2. The van der Waals surface area contributed by atoms with E-state index in [4.69, 9.17) is 4.74 Å². The first kappa shape index (κ1) is 16.0. The van der Waals surface area contributed by atoms with Crippen LogP contribution in [0.3, 0.4) is 0 Å². The highest BCUT2D eigenvalue weighted by atomic mass is 79.9. The number of rotatable bonds is 5. The third-order valence-electron chi connectivity index (χ3n) is 3.81. The molecule has 0 saturated heterocycles. The standard InChI is InChI=1S/C16H19BrN4O2/c17-12-5-7-13(8-6-12)23-11-16(22)18-10-15-20-19-14-4-2-1-3-9-21(14)15/h5-8H,1-4,9-11H2,(H,18,22). The Morgan fingerprint density at radius 3 is 2.87 bits per heavy atom. The molecule has 23 heavy (non-hydrogen) atoms. The number of carbonyl (C=O) groups excluding carboxylic acids is 1. The summed E-state index contributed by atoms with van der Waals surface area (Å²) in [7, 11) is 0. The molecule has 7 heteroatoms. The molecule has 0 unspecified atom stereocenters. The molecule has 6 nitrogen and oxygen atoms in total. The molecular weight excluding hydrogens is 360 g/mol. The van der Waals surface area contributed by atoms with E-state index in [0.717, 1.165) is 41.9 Å². The maximum Gasteiger partial charge on any atom is 0.258 e. The van der Waals surface area contributed by atoms with Crippen LogP contribution in [-0.2, 0) is 24.3 Å². The van der Waals surface area contributed by atoms with Gasteiger partial charge in [0.15, 0.2) is 12.4 Å². The van der Waals surface area contributed by atoms with Gasteiger partial charge in [-0.15, -0.1) is 10.2 Å². The molecule has 0 bridgehead atoms. The van der Waals surface area contributed by atoms with Crippen LogP contribution in [0.4, 0.5) is 0 Å². The summed E-state index contributed by atoms with van der Waals surface area (Å²) in [5, 5.41) is 11.3. The van der Waals surface area contributed by atoms with Crippen molar-refractivity contribution in [3.8, 4) is 5.75 Å². The maximum absolute atomic E-state index is 11.9. The van der Waals surface area contributed by atoms with E-state index in [9.17, 15) is 4.79 Å². The molecule has 1 aliphatic rings. The smallest absolute Gasteiger partial charge is 0.258 e. The van der Waals surface area contributed by atoms with Gasteiger partial charge in [0.25, 0.3) is 5.91 Å². The van der Waals surface area contributed by atoms with Crippen molar-refractivity contribution in [1.29, 1.82) is 0 Å². The van der Waals surface area contributed by atoms with E-state index in [1.807, 2.05) is 24.3 Å². The van der Waals surface area contributed by atoms with E-state index in [0.29, 0.717) is 12.3 Å². The van der Waals surface area contributed by atoms with Gasteiger partial charge in [0.2, 0.25) is 0 Å². The molecule has 0 spiro atoms. The topological polar surface area (TPSA) is 69.0 Å². The monoisotopic (exact) mass is 378 g/mol. The Labute approximate surface area is 143 Å². The summed E-state index contributed by atoms with van der Waals surface area (Å²) in [6.45, 7) is 1.31. The molecule has 0 fully saturated rings. The van der Waals surface area contributed by atoms with Crippen molar-refractivity contribution in [2.24, 2.45) is 0 Å². The van der Waals surface area contributed by atoms with Gasteiger partial charge in [-0.3, -0.25) is 4.79 Å². The predicted molar refractivity (Wildman–Crippen MR) is 89.1 cm³/mol. The number of halogens is 1. The lowest BCUT2D eigenvalue weighted by molar-refractivity contribution is -0.123. The first-order chi connectivity index (χ1) is 11.2. The fourth-order valence-corrected chi connectivity index (χ4v) is 2.85. The van der Waals surface area contributed by atoms with E-state index >= 15 is 0 Å². The minimum atomic E-state index is -0.168. The van der Waals surface area contributed by atoms with E-state index in [2.05, 4.69) is 36.0 Å². The Balaban J connectivity index is 1.49. The molecule has 3 rings (SSSR count). The number of nitrogens with one attached hydrogen (secondary N) is 1. The molecule has 1 aliphatic heterocycles. The van der Waals surface area contributed by atoms with Crippen LogP contribution < -0.4 is 10.1 Å². The Morgan fingerprint density at radius 1 is 1.22 bits per heavy atom. The number of aryl methyl sites for hydroxylation is 1. The molecule has 0 saturated carbocycles. The van der Waals surface area contributed by atoms with Crippen molar-refractivity contribution < 1.29 is 9.53 Å². The van der Waals surface area contributed by atoms with E-state index < -0.39 is 0 Å². The highest BCUT2D eigenvalue weighted by molar-refractivity contribution is 9.10. The molecule has 0 atom stereocenters. The number of amides is 1. The lowest BCUT2D eigenvalue weighted by atomic mass is 10.2. The number of hydrogen-bond acceptors (Lipinski definition) is 4. The zero-order chi connectivity index (χ0) is 16.1. The van der Waals surface area contributed by atoms with Crippen LogP contribution in [0, 0.1) is 0 Å². The van der Waals surface area contributed by atoms with Crippen molar-refractivity contribution in [1.82, 2.24) is 20.1 Å². The first-order valence-corrected chi connectivity index (χ1v) is 8.58. The Hall–Kier alpha value is -1.89. The zero-order valence-corrected chi connectivity index (χ0v) is 14.4. The van der Waals surface area contributed by atoms with Crippen LogP contribution in [0.2, 0.25) is 0 Å². The second kappa shape index (κ2) is 7.59. The third-order valence-corrected chi connectivity index (χ3v) is 4.34. The van der Waals surface area contributed by atoms with Gasteiger partial charge in [-0.05, 0) is 37.1 Å². The molecule has 1 aromatic carbocycles. The minimum absolute atomic E-state index is 0.0113. The van der Waals surface area contributed by atoms with Crippen molar-refractivity contribution in [3.05, 3.63) is 40.4 Å². The zero-order valence-electron chi connectivity index (χ0n) is 12.8. The van der Waals surface area contributed by atoms with Crippen LogP contribution in [-0.4, -0.2) is 27.3 Å². The van der Waals surface area contributed by atoms with Gasteiger partial charge in [0.05, 0.1) is 6.54 Å². The quantitative estimate of drug-likeness (QED) is 0.867. The molecule has 1 aromatic heterocycles. The van der Waals surface area contributed by atoms with Gasteiger partial charge < -0.3 is 14.6 Å². The number of nitrogens with zero attached hydrogens (tertiary/aromatic N) is 3. The van der Waals surface area contributed by atoms with Crippen LogP contribution in [0.25, 0.3) is 0 Å². The van der Waals surface area contributed by atoms with E-state index in [-0.39, 0.29) is 12.5 Å². The number of hydrogen-bond donors (Lipinski definition) is 1. The minimum Gasteiger partial charge on any atom is -0.484 e. The molecule has 1 amide bonds. The normalized spacial score (nSPS) is 14.0. The van der Waals surface area contributed by atoms with Crippen molar-refractivity contribution in [3.63, 3.8) is 0 Å². The van der Waals surface area contributed by atoms with Crippen molar-refractivity contribution in [2.45, 2.75) is 38.8 Å². The second-order valence-electron chi connectivity index (χ2n) is 5.51. The molecule has 122 valence electrons. The summed E-state index contributed by atoms with van der Waals surface area (Å²) in [4.78, 5) is 11.9. The Bertz CT molecular complexity index is 669. The number of carbonyl (C=O) groups is 1. The van der Waals surface area contributed by atoms with Crippen LogP contribution in [0.1, 0.15) is 30.9 Å². The summed E-state index contributed by atoms with van der Waals surface area (Å²) in [6, 6.07) is 7.38. The van der Waals surface area contributed by atoms with Gasteiger partial charge in [-0.1, -0.05) is 22.4 Å². The van der Waals surface area contributed by atoms with Gasteiger partial charge in [0.1, 0.15) is 11.6 Å². The fourth-order valence-electron chi connectivity index (χ4n) is 2.58. The van der Waals surface area contributed by atoms with Gasteiger partial charge >= 0.3 is 0 Å². The first-order valence-electron chi connectivity index (χ1n) is 7.78. The Morgan fingerprint density at radius 2 is 2.04 bits per heavy atom. The van der Waals surface area contributed by atoms with Gasteiger partial charge in [0, 0.05) is 17.4 Å². The number of ether oxygens (including phenoxy) is 1. The predicted octanol–water partition coefficient (Wildman–Crippen LogP) is 2.46. The molecule has 2 aromatic rings. The molecule has 1 N–H and O–H groups in total. The number of aromatic nitrogens is 3. The summed E-state index contributed by atoms with van der Waals surface area (Å²) >= 11 is 3.36. The van der Waals surface area contributed by atoms with Crippen molar-refractivity contribution >= 4 is 21.8 Å². The number of benzene rings is 1. The van der Waals surface area contributed by atoms with Gasteiger partial charge in [-0.25, -0.2) is 0 Å². The molecule has 0 radical (unpaired) electrons. The highest BCUT2D eigenvalue weighted by Gasteiger charge is 2.15. The Kier molecular flexibility index (Phi) is 5.27. The summed E-state index contributed by atoms with van der Waals surface area (Å²) < 4.78 is 8.55. The van der Waals surface area contributed by atoms with E-state index in [1.165, 1.54) is 6.42 Å². The lowest BCUT2D eigenvalue weighted by Gasteiger charge is -2.09. The molecular formula is C16H19BrN4O2. The molecule has 2 heterocycles. The van der Waals surface area contributed by atoms with Crippen LogP contribution >= 0.6 is 15.9 Å².